The van der Waals surface area contributed by atoms with Crippen LogP contribution in [0.15, 0.2) is 0 Å². The van der Waals surface area contributed by atoms with Crippen molar-refractivity contribution in [3.8, 4) is 0 Å². The number of nitrogens with one attached hydrogen (secondary N) is 1. The summed E-state index contributed by atoms with van der Waals surface area (Å²) in [5.41, 5.74) is 1.29. The second kappa shape index (κ2) is 5.48. The van der Waals surface area contributed by atoms with Gasteiger partial charge in [-0.3, -0.25) is 14.3 Å². The molecular formula is C14H22N4O3. The third-order valence-electron chi connectivity index (χ3n) is 3.95. The molecule has 1 fully saturated rings. The fourth-order valence-corrected chi connectivity index (χ4v) is 2.48. The van der Waals surface area contributed by atoms with Crippen LogP contribution in [0.1, 0.15) is 25.2 Å². The number of aromatic nitrogens is 2. The van der Waals surface area contributed by atoms with Crippen LogP contribution in [0.3, 0.4) is 0 Å². The molecule has 1 atom stereocenters. The molecule has 1 aromatic rings. The molecule has 7 nitrogen and oxygen atoms in total. The summed E-state index contributed by atoms with van der Waals surface area (Å²) >= 11 is 0. The van der Waals surface area contributed by atoms with Crippen LogP contribution in [0.5, 0.6) is 0 Å². The van der Waals surface area contributed by atoms with E-state index in [0.29, 0.717) is 18.8 Å². The van der Waals surface area contributed by atoms with Gasteiger partial charge in [-0.1, -0.05) is 0 Å². The third kappa shape index (κ3) is 2.92. The topological polar surface area (TPSA) is 76.5 Å². The number of rotatable bonds is 2. The van der Waals surface area contributed by atoms with E-state index < -0.39 is 5.60 Å². The summed E-state index contributed by atoms with van der Waals surface area (Å²) in [4.78, 5) is 25.7. The fraction of sp³-hybridized carbons (Fsp3) is 0.643. The van der Waals surface area contributed by atoms with E-state index in [1.807, 2.05) is 20.9 Å². The van der Waals surface area contributed by atoms with E-state index in [1.54, 1.807) is 16.5 Å². The number of hydrogen-bond acceptors (Lipinski definition) is 4. The zero-order valence-corrected chi connectivity index (χ0v) is 13.2. The summed E-state index contributed by atoms with van der Waals surface area (Å²) in [6.45, 7) is 8.07. The van der Waals surface area contributed by atoms with Gasteiger partial charge in [0.25, 0.3) is 5.91 Å². The first-order chi connectivity index (χ1) is 9.74. The second-order valence-electron chi connectivity index (χ2n) is 5.64. The van der Waals surface area contributed by atoms with E-state index in [1.165, 1.54) is 6.92 Å². The minimum Gasteiger partial charge on any atom is -0.362 e. The Kier molecular flexibility index (Phi) is 4.04. The number of ether oxygens (including phenoxy) is 1. The fourth-order valence-electron chi connectivity index (χ4n) is 2.48. The number of hydrogen-bond donors (Lipinski definition) is 1. The van der Waals surface area contributed by atoms with Gasteiger partial charge in [-0.25, -0.2) is 0 Å². The lowest BCUT2D eigenvalue weighted by Gasteiger charge is -2.38. The Morgan fingerprint density at radius 1 is 1.38 bits per heavy atom. The third-order valence-corrected chi connectivity index (χ3v) is 3.95. The maximum atomic E-state index is 12.6. The van der Waals surface area contributed by atoms with Gasteiger partial charge in [-0.05, 0) is 20.8 Å². The van der Waals surface area contributed by atoms with Gasteiger partial charge >= 0.3 is 0 Å². The highest BCUT2D eigenvalue weighted by molar-refractivity contribution is 5.98. The quantitative estimate of drug-likeness (QED) is 0.867. The van der Waals surface area contributed by atoms with Gasteiger partial charge in [-0.2, -0.15) is 5.10 Å². The van der Waals surface area contributed by atoms with Crippen LogP contribution in [-0.4, -0.2) is 51.8 Å². The molecule has 0 radical (unpaired) electrons. The van der Waals surface area contributed by atoms with Gasteiger partial charge in [0.05, 0.1) is 30.2 Å². The van der Waals surface area contributed by atoms with E-state index in [-0.39, 0.29) is 18.4 Å². The number of carbonyl (C=O) groups is 2. The zero-order chi connectivity index (χ0) is 15.8. The van der Waals surface area contributed by atoms with Gasteiger partial charge in [0.2, 0.25) is 5.91 Å². The molecule has 0 saturated carbocycles. The van der Waals surface area contributed by atoms with Gasteiger partial charge in [0, 0.05) is 20.5 Å². The first kappa shape index (κ1) is 15.5. The molecule has 1 saturated heterocycles. The van der Waals surface area contributed by atoms with Crippen molar-refractivity contribution < 1.29 is 14.3 Å². The molecule has 1 aromatic heterocycles. The van der Waals surface area contributed by atoms with Crippen LogP contribution in [-0.2, 0) is 21.4 Å². The average molecular weight is 294 g/mol. The van der Waals surface area contributed by atoms with Crippen molar-refractivity contribution in [3.63, 3.8) is 0 Å². The SMILES string of the molecule is CC(=O)N1CCOC(C)(C(=O)Nc2c(C)nn(C)c2C)C1. The maximum absolute atomic E-state index is 12.6. The molecule has 0 aliphatic carbocycles. The minimum absolute atomic E-state index is 0.0499. The minimum atomic E-state index is -1.04. The summed E-state index contributed by atoms with van der Waals surface area (Å²) in [7, 11) is 1.83. The summed E-state index contributed by atoms with van der Waals surface area (Å²) < 4.78 is 7.35. The Balaban J connectivity index is 2.17. The molecule has 2 rings (SSSR count). The highest BCUT2D eigenvalue weighted by atomic mass is 16.5. The molecular weight excluding hydrogens is 272 g/mol. The van der Waals surface area contributed by atoms with E-state index in [0.717, 1.165) is 11.4 Å². The van der Waals surface area contributed by atoms with E-state index in [4.69, 9.17) is 4.74 Å². The molecule has 1 aliphatic heterocycles. The van der Waals surface area contributed by atoms with Crippen LogP contribution in [0.4, 0.5) is 5.69 Å². The lowest BCUT2D eigenvalue weighted by atomic mass is 10.0. The Labute approximate surface area is 124 Å². The second-order valence-corrected chi connectivity index (χ2v) is 5.64. The number of amides is 2. The first-order valence-electron chi connectivity index (χ1n) is 6.96. The normalized spacial score (nSPS) is 22.2. The van der Waals surface area contributed by atoms with Gasteiger partial charge < -0.3 is 15.0 Å². The molecule has 0 aromatic carbocycles. The number of morpholine rings is 1. The lowest BCUT2D eigenvalue weighted by molar-refractivity contribution is -0.158. The lowest BCUT2D eigenvalue weighted by Crippen LogP contribution is -2.57. The van der Waals surface area contributed by atoms with E-state index >= 15 is 0 Å². The highest BCUT2D eigenvalue weighted by Gasteiger charge is 2.40. The molecule has 21 heavy (non-hydrogen) atoms. The molecule has 7 heteroatoms. The zero-order valence-electron chi connectivity index (χ0n) is 13.2. The monoisotopic (exact) mass is 294 g/mol. The summed E-state index contributed by atoms with van der Waals surface area (Å²) in [6.07, 6.45) is 0. The van der Waals surface area contributed by atoms with Crippen LogP contribution >= 0.6 is 0 Å². The van der Waals surface area contributed by atoms with Gasteiger partial charge in [-0.15, -0.1) is 0 Å². The predicted octanol–water partition coefficient (Wildman–Crippen LogP) is 0.613. The summed E-state index contributed by atoms with van der Waals surface area (Å²) in [5, 5.41) is 7.16. The highest BCUT2D eigenvalue weighted by Crippen LogP contribution is 2.23. The van der Waals surface area contributed by atoms with Crippen molar-refractivity contribution >= 4 is 17.5 Å². The molecule has 2 heterocycles. The Bertz CT molecular complexity index is 581. The Morgan fingerprint density at radius 2 is 2.05 bits per heavy atom. The number of carbonyl (C=O) groups excluding carboxylic acids is 2. The van der Waals surface area contributed by atoms with Crippen LogP contribution in [0, 0.1) is 13.8 Å². The van der Waals surface area contributed by atoms with Crippen molar-refractivity contribution in [2.24, 2.45) is 7.05 Å². The largest absolute Gasteiger partial charge is 0.362 e. The Hall–Kier alpha value is -1.89. The average Bonchev–Trinajstić information content (AvgIpc) is 2.65. The van der Waals surface area contributed by atoms with E-state index in [9.17, 15) is 9.59 Å². The van der Waals surface area contributed by atoms with Crippen molar-refractivity contribution in [3.05, 3.63) is 11.4 Å². The van der Waals surface area contributed by atoms with Gasteiger partial charge in [0.1, 0.15) is 0 Å². The summed E-state index contributed by atoms with van der Waals surface area (Å²) in [6, 6.07) is 0. The van der Waals surface area contributed by atoms with Crippen molar-refractivity contribution in [2.45, 2.75) is 33.3 Å². The molecule has 1 unspecified atom stereocenters. The predicted molar refractivity (Wildman–Crippen MR) is 77.9 cm³/mol. The summed E-state index contributed by atoms with van der Waals surface area (Å²) in [5.74, 6) is -0.307. The van der Waals surface area contributed by atoms with Crippen LogP contribution in [0.2, 0.25) is 0 Å². The molecule has 0 spiro atoms. The maximum Gasteiger partial charge on any atom is 0.258 e. The smallest absolute Gasteiger partial charge is 0.258 e. The van der Waals surface area contributed by atoms with Crippen LogP contribution < -0.4 is 5.32 Å². The first-order valence-corrected chi connectivity index (χ1v) is 6.96. The molecule has 0 bridgehead atoms. The van der Waals surface area contributed by atoms with Crippen molar-refractivity contribution in [1.29, 1.82) is 0 Å². The standard InChI is InChI=1S/C14H22N4O3/c1-9-12(10(2)17(5)16-9)15-13(20)14(4)8-18(11(3)19)6-7-21-14/h6-8H2,1-5H3,(H,15,20). The molecule has 2 amide bonds. The van der Waals surface area contributed by atoms with Gasteiger partial charge in [0.15, 0.2) is 5.60 Å². The van der Waals surface area contributed by atoms with E-state index in [2.05, 4.69) is 10.4 Å². The number of anilines is 1. The number of aryl methyl sites for hydroxylation is 2. The molecule has 116 valence electrons. The number of nitrogens with zero attached hydrogens (tertiary/aromatic N) is 3. The Morgan fingerprint density at radius 3 is 2.57 bits per heavy atom. The molecule has 1 N–H and O–H groups in total. The van der Waals surface area contributed by atoms with Crippen molar-refractivity contribution in [1.82, 2.24) is 14.7 Å². The van der Waals surface area contributed by atoms with Crippen molar-refractivity contribution in [2.75, 3.05) is 25.0 Å². The molecule has 1 aliphatic rings. The van der Waals surface area contributed by atoms with Crippen LogP contribution in [0.25, 0.3) is 0 Å².